The topological polar surface area (TPSA) is 66.4 Å². The molecular formula is C13H12BrF2NO3. The lowest BCUT2D eigenvalue weighted by Crippen LogP contribution is -2.54. The molecule has 0 aliphatic heterocycles. The summed E-state index contributed by atoms with van der Waals surface area (Å²) in [5, 5.41) is 11.5. The molecule has 1 aliphatic carbocycles. The van der Waals surface area contributed by atoms with Gasteiger partial charge in [0, 0.05) is 4.47 Å². The van der Waals surface area contributed by atoms with Crippen LogP contribution in [-0.4, -0.2) is 22.5 Å². The first kappa shape index (κ1) is 14.9. The van der Waals surface area contributed by atoms with E-state index < -0.39 is 34.6 Å². The summed E-state index contributed by atoms with van der Waals surface area (Å²) in [5.41, 5.74) is -2.29. The summed E-state index contributed by atoms with van der Waals surface area (Å²) in [5.74, 6) is -4.59. The van der Waals surface area contributed by atoms with Crippen LogP contribution in [0.2, 0.25) is 0 Å². The van der Waals surface area contributed by atoms with Gasteiger partial charge in [-0.15, -0.1) is 0 Å². The smallest absolute Gasteiger partial charge is 0.329 e. The maximum Gasteiger partial charge on any atom is 0.329 e. The van der Waals surface area contributed by atoms with Crippen LogP contribution in [0.5, 0.6) is 0 Å². The second-order valence-electron chi connectivity index (χ2n) is 4.98. The zero-order valence-electron chi connectivity index (χ0n) is 10.5. The average Bonchev–Trinajstić information content (AvgIpc) is 3.10. The van der Waals surface area contributed by atoms with E-state index in [2.05, 4.69) is 21.2 Å². The Morgan fingerprint density at radius 1 is 1.35 bits per heavy atom. The molecule has 0 heterocycles. The van der Waals surface area contributed by atoms with E-state index in [4.69, 9.17) is 0 Å². The Kier molecular flexibility index (Phi) is 3.82. The van der Waals surface area contributed by atoms with Gasteiger partial charge in [-0.1, -0.05) is 15.9 Å². The highest BCUT2D eigenvalue weighted by molar-refractivity contribution is 9.10. The fourth-order valence-electron chi connectivity index (χ4n) is 2.05. The van der Waals surface area contributed by atoms with Gasteiger partial charge < -0.3 is 10.4 Å². The van der Waals surface area contributed by atoms with Gasteiger partial charge in [0.1, 0.15) is 22.7 Å². The molecule has 20 heavy (non-hydrogen) atoms. The summed E-state index contributed by atoms with van der Waals surface area (Å²) >= 11 is 2.91. The van der Waals surface area contributed by atoms with E-state index in [1.165, 1.54) is 6.92 Å². The van der Waals surface area contributed by atoms with Crippen LogP contribution in [0.15, 0.2) is 16.6 Å². The molecule has 1 amide bonds. The predicted octanol–water partition coefficient (Wildman–Crippen LogP) is 2.71. The van der Waals surface area contributed by atoms with Gasteiger partial charge in [0.2, 0.25) is 0 Å². The average molecular weight is 348 g/mol. The molecule has 0 bridgehead atoms. The van der Waals surface area contributed by atoms with Crippen molar-refractivity contribution >= 4 is 27.8 Å². The first-order valence-corrected chi connectivity index (χ1v) is 6.75. The van der Waals surface area contributed by atoms with Crippen molar-refractivity contribution in [1.82, 2.24) is 5.32 Å². The Morgan fingerprint density at radius 2 is 1.85 bits per heavy atom. The van der Waals surface area contributed by atoms with Crippen molar-refractivity contribution in [3.05, 3.63) is 33.8 Å². The number of carbonyl (C=O) groups excluding carboxylic acids is 1. The molecule has 1 aliphatic rings. The van der Waals surface area contributed by atoms with Crippen molar-refractivity contribution in [2.24, 2.45) is 5.92 Å². The van der Waals surface area contributed by atoms with Crippen LogP contribution >= 0.6 is 15.9 Å². The Balaban J connectivity index is 2.31. The molecule has 0 saturated heterocycles. The molecule has 2 rings (SSSR count). The normalized spacial score (nSPS) is 17.4. The second-order valence-corrected chi connectivity index (χ2v) is 5.90. The molecule has 2 N–H and O–H groups in total. The molecule has 1 saturated carbocycles. The third kappa shape index (κ3) is 2.67. The first-order valence-electron chi connectivity index (χ1n) is 5.96. The number of aliphatic carboxylic acids is 1. The van der Waals surface area contributed by atoms with Crippen LogP contribution in [0.25, 0.3) is 0 Å². The largest absolute Gasteiger partial charge is 0.480 e. The molecule has 1 aromatic carbocycles. The van der Waals surface area contributed by atoms with Crippen molar-refractivity contribution in [3.63, 3.8) is 0 Å². The maximum absolute atomic E-state index is 13.7. The highest BCUT2D eigenvalue weighted by Crippen LogP contribution is 2.40. The summed E-state index contributed by atoms with van der Waals surface area (Å²) in [4.78, 5) is 23.3. The van der Waals surface area contributed by atoms with Gasteiger partial charge in [0.05, 0.1) is 0 Å². The van der Waals surface area contributed by atoms with E-state index in [0.29, 0.717) is 12.8 Å². The lowest BCUT2D eigenvalue weighted by molar-refractivity contribution is -0.144. The van der Waals surface area contributed by atoms with Crippen molar-refractivity contribution in [1.29, 1.82) is 0 Å². The van der Waals surface area contributed by atoms with Crippen molar-refractivity contribution in [2.75, 3.05) is 0 Å². The van der Waals surface area contributed by atoms with Gasteiger partial charge in [-0.05, 0) is 37.8 Å². The Bertz CT molecular complexity index is 566. The zero-order valence-corrected chi connectivity index (χ0v) is 12.1. The highest BCUT2D eigenvalue weighted by atomic mass is 79.9. The number of halogens is 3. The van der Waals surface area contributed by atoms with Crippen molar-refractivity contribution in [3.8, 4) is 0 Å². The third-order valence-corrected chi connectivity index (χ3v) is 3.90. The van der Waals surface area contributed by atoms with E-state index in [0.717, 1.165) is 12.1 Å². The van der Waals surface area contributed by atoms with Gasteiger partial charge >= 0.3 is 5.97 Å². The number of hydrogen-bond donors (Lipinski definition) is 2. The minimum Gasteiger partial charge on any atom is -0.480 e. The number of nitrogens with one attached hydrogen (secondary N) is 1. The van der Waals surface area contributed by atoms with Crippen LogP contribution < -0.4 is 5.32 Å². The van der Waals surface area contributed by atoms with E-state index >= 15 is 0 Å². The molecule has 0 radical (unpaired) electrons. The molecule has 1 aromatic rings. The molecule has 7 heteroatoms. The van der Waals surface area contributed by atoms with E-state index in [-0.39, 0.29) is 10.4 Å². The minimum atomic E-state index is -1.51. The Hall–Kier alpha value is -1.50. The summed E-state index contributed by atoms with van der Waals surface area (Å²) in [6, 6.07) is 1.90. The minimum absolute atomic E-state index is 0.159. The monoisotopic (exact) mass is 347 g/mol. The van der Waals surface area contributed by atoms with Crippen molar-refractivity contribution < 1.29 is 23.5 Å². The molecular weight excluding hydrogens is 336 g/mol. The van der Waals surface area contributed by atoms with Crippen LogP contribution in [0.4, 0.5) is 8.78 Å². The van der Waals surface area contributed by atoms with E-state index in [9.17, 15) is 23.5 Å². The number of amides is 1. The molecule has 1 unspecified atom stereocenters. The van der Waals surface area contributed by atoms with Crippen LogP contribution in [0.3, 0.4) is 0 Å². The number of carbonyl (C=O) groups is 2. The maximum atomic E-state index is 13.7. The third-order valence-electron chi connectivity index (χ3n) is 3.45. The zero-order chi connectivity index (χ0) is 15.1. The summed E-state index contributed by atoms with van der Waals surface area (Å²) in [6.07, 6.45) is 1.32. The van der Waals surface area contributed by atoms with Crippen molar-refractivity contribution in [2.45, 2.75) is 25.3 Å². The Morgan fingerprint density at radius 3 is 2.25 bits per heavy atom. The predicted molar refractivity (Wildman–Crippen MR) is 70.3 cm³/mol. The molecule has 1 fully saturated rings. The lowest BCUT2D eigenvalue weighted by atomic mass is 9.95. The SMILES string of the molecule is CC(NC(=O)c1c(F)cc(Br)cc1F)(C(=O)O)C1CC1. The second kappa shape index (κ2) is 5.12. The number of hydrogen-bond acceptors (Lipinski definition) is 2. The lowest BCUT2D eigenvalue weighted by Gasteiger charge is -2.26. The van der Waals surface area contributed by atoms with Gasteiger partial charge in [-0.3, -0.25) is 4.79 Å². The number of benzene rings is 1. The van der Waals surface area contributed by atoms with E-state index in [1.54, 1.807) is 0 Å². The summed E-state index contributed by atoms with van der Waals surface area (Å²) in [7, 11) is 0. The number of carboxylic acids is 1. The molecule has 108 valence electrons. The molecule has 1 atom stereocenters. The molecule has 4 nitrogen and oxygen atoms in total. The fraction of sp³-hybridized carbons (Fsp3) is 0.385. The van der Waals surface area contributed by atoms with Crippen LogP contribution in [0, 0.1) is 17.6 Å². The number of carboxylic acid groups (broad SMARTS) is 1. The highest BCUT2D eigenvalue weighted by Gasteiger charge is 2.49. The van der Waals surface area contributed by atoms with Crippen LogP contribution in [0.1, 0.15) is 30.1 Å². The Labute approximate surface area is 122 Å². The van der Waals surface area contributed by atoms with Gasteiger partial charge in [-0.25, -0.2) is 13.6 Å². The molecule has 0 aromatic heterocycles. The first-order chi connectivity index (χ1) is 9.25. The molecule has 0 spiro atoms. The number of rotatable bonds is 4. The standard InChI is InChI=1S/C13H12BrF2NO3/c1-13(12(19)20,6-2-3-6)17-11(18)10-8(15)4-7(14)5-9(10)16/h4-6H,2-3H2,1H3,(H,17,18)(H,19,20). The quantitative estimate of drug-likeness (QED) is 0.879. The van der Waals surface area contributed by atoms with Gasteiger partial charge in [0.25, 0.3) is 5.91 Å². The summed E-state index contributed by atoms with van der Waals surface area (Å²) in [6.45, 7) is 1.35. The fourth-order valence-corrected chi connectivity index (χ4v) is 2.45. The summed E-state index contributed by atoms with van der Waals surface area (Å²) < 4.78 is 27.5. The van der Waals surface area contributed by atoms with Crippen LogP contribution in [-0.2, 0) is 4.79 Å². The van der Waals surface area contributed by atoms with Gasteiger partial charge in [0.15, 0.2) is 0 Å². The van der Waals surface area contributed by atoms with Gasteiger partial charge in [-0.2, -0.15) is 0 Å². The van der Waals surface area contributed by atoms with E-state index in [1.807, 2.05) is 0 Å².